The number of nitrogens with two attached hydrogens (primary N) is 1. The van der Waals surface area contributed by atoms with Crippen LogP contribution in [0.25, 0.3) is 0 Å². The Hall–Kier alpha value is -1.72. The molecule has 0 bridgehead atoms. The molecule has 0 aliphatic heterocycles. The fourth-order valence-corrected chi connectivity index (χ4v) is 2.03. The van der Waals surface area contributed by atoms with Crippen molar-refractivity contribution in [3.63, 3.8) is 0 Å². The zero-order chi connectivity index (χ0) is 14.4. The number of carbonyl (C=O) groups excluding carboxylic acids is 1. The Bertz CT molecular complexity index is 423. The van der Waals surface area contributed by atoms with Crippen molar-refractivity contribution in [2.24, 2.45) is 0 Å². The summed E-state index contributed by atoms with van der Waals surface area (Å²) in [6, 6.07) is 0. The number of aryl methyl sites for hydroxylation is 2. The summed E-state index contributed by atoms with van der Waals surface area (Å²) in [5, 5.41) is 7.54. The van der Waals surface area contributed by atoms with E-state index in [0.29, 0.717) is 18.7 Å². The summed E-state index contributed by atoms with van der Waals surface area (Å²) in [6.07, 6.45) is 0.467. The number of nitrogens with one attached hydrogen (secondary N) is 1. The number of hydrogen-bond acceptors (Lipinski definition) is 4. The van der Waals surface area contributed by atoms with Gasteiger partial charge in [-0.1, -0.05) is 0 Å². The largest absolute Gasteiger partial charge is 0.394 e. The molecular formula is C13H25N5O. The molecule has 6 heteroatoms. The molecule has 0 aromatic carbocycles. The molecule has 1 heterocycles. The van der Waals surface area contributed by atoms with E-state index in [9.17, 15) is 4.79 Å². The second-order valence-electron chi connectivity index (χ2n) is 4.41. The number of rotatable bonds is 7. The quantitative estimate of drug-likeness (QED) is 0.784. The lowest BCUT2D eigenvalue weighted by atomic mass is 10.3. The minimum atomic E-state index is 0.162. The molecule has 0 radical (unpaired) electrons. The zero-order valence-corrected chi connectivity index (χ0v) is 12.4. The standard InChI is InChI=1S/C13H25N5O/c1-5-17(6-2)11(19)8-9-15-13-12(14)10(4)16-18(13)7-3/h15H,5-9,14H2,1-4H3. The van der Waals surface area contributed by atoms with Gasteiger partial charge in [0.25, 0.3) is 0 Å². The van der Waals surface area contributed by atoms with E-state index < -0.39 is 0 Å². The monoisotopic (exact) mass is 267 g/mol. The van der Waals surface area contributed by atoms with Crippen molar-refractivity contribution in [1.82, 2.24) is 14.7 Å². The van der Waals surface area contributed by atoms with Crippen molar-refractivity contribution in [2.75, 3.05) is 30.7 Å². The SMILES string of the molecule is CCN(CC)C(=O)CCNc1c(N)c(C)nn1CC. The van der Waals surface area contributed by atoms with E-state index >= 15 is 0 Å². The van der Waals surface area contributed by atoms with Gasteiger partial charge in [0.1, 0.15) is 5.82 Å². The third kappa shape index (κ3) is 3.62. The molecule has 1 rings (SSSR count). The van der Waals surface area contributed by atoms with Gasteiger partial charge >= 0.3 is 0 Å². The summed E-state index contributed by atoms with van der Waals surface area (Å²) in [7, 11) is 0. The Morgan fingerprint density at radius 2 is 2.00 bits per heavy atom. The number of aromatic nitrogens is 2. The van der Waals surface area contributed by atoms with Crippen molar-refractivity contribution >= 4 is 17.4 Å². The normalized spacial score (nSPS) is 10.5. The van der Waals surface area contributed by atoms with Crippen LogP contribution in [0.15, 0.2) is 0 Å². The Labute approximate surface area is 114 Å². The van der Waals surface area contributed by atoms with Crippen molar-refractivity contribution in [3.8, 4) is 0 Å². The Morgan fingerprint density at radius 1 is 1.37 bits per heavy atom. The Kier molecular flexibility index (Phi) is 5.66. The van der Waals surface area contributed by atoms with Gasteiger partial charge in [0.2, 0.25) is 5.91 Å². The van der Waals surface area contributed by atoms with Crippen LogP contribution >= 0.6 is 0 Å². The lowest BCUT2D eigenvalue weighted by Gasteiger charge is -2.18. The Morgan fingerprint density at radius 3 is 2.53 bits per heavy atom. The van der Waals surface area contributed by atoms with Gasteiger partial charge in [-0.05, 0) is 27.7 Å². The fourth-order valence-electron chi connectivity index (χ4n) is 2.03. The molecule has 3 N–H and O–H groups in total. The highest BCUT2D eigenvalue weighted by Crippen LogP contribution is 2.21. The third-order valence-corrected chi connectivity index (χ3v) is 3.22. The minimum absolute atomic E-state index is 0.162. The van der Waals surface area contributed by atoms with Crippen LogP contribution in [0.3, 0.4) is 0 Å². The van der Waals surface area contributed by atoms with Gasteiger partial charge in [-0.2, -0.15) is 5.10 Å². The van der Waals surface area contributed by atoms with Crippen LogP contribution in [0.5, 0.6) is 0 Å². The molecule has 108 valence electrons. The van der Waals surface area contributed by atoms with Crippen molar-refractivity contribution in [1.29, 1.82) is 0 Å². The van der Waals surface area contributed by atoms with Crippen molar-refractivity contribution < 1.29 is 4.79 Å². The summed E-state index contributed by atoms with van der Waals surface area (Å²) >= 11 is 0. The molecule has 0 unspecified atom stereocenters. The number of carbonyl (C=O) groups is 1. The molecule has 0 spiro atoms. The summed E-state index contributed by atoms with van der Waals surface area (Å²) in [5.41, 5.74) is 7.45. The summed E-state index contributed by atoms with van der Waals surface area (Å²) in [5.74, 6) is 0.975. The molecule has 0 saturated heterocycles. The highest BCUT2D eigenvalue weighted by Gasteiger charge is 2.13. The van der Waals surface area contributed by atoms with E-state index in [1.165, 1.54) is 0 Å². The minimum Gasteiger partial charge on any atom is -0.394 e. The van der Waals surface area contributed by atoms with Gasteiger partial charge < -0.3 is 16.0 Å². The predicted octanol–water partition coefficient (Wildman–Crippen LogP) is 1.46. The number of nitrogen functional groups attached to an aromatic ring is 1. The van der Waals surface area contributed by atoms with Crippen LogP contribution in [-0.2, 0) is 11.3 Å². The molecule has 6 nitrogen and oxygen atoms in total. The van der Waals surface area contributed by atoms with E-state index in [0.717, 1.165) is 31.1 Å². The zero-order valence-electron chi connectivity index (χ0n) is 12.4. The van der Waals surface area contributed by atoms with E-state index in [1.54, 1.807) is 0 Å². The lowest BCUT2D eigenvalue weighted by Crippen LogP contribution is -2.31. The maximum Gasteiger partial charge on any atom is 0.224 e. The first kappa shape index (κ1) is 15.3. The summed E-state index contributed by atoms with van der Waals surface area (Å²) in [6.45, 7) is 10.7. The molecule has 19 heavy (non-hydrogen) atoms. The predicted molar refractivity (Wildman–Crippen MR) is 78.1 cm³/mol. The third-order valence-electron chi connectivity index (χ3n) is 3.22. The van der Waals surface area contributed by atoms with Crippen LogP contribution in [0, 0.1) is 6.92 Å². The number of nitrogens with zero attached hydrogens (tertiary/aromatic N) is 3. The van der Waals surface area contributed by atoms with Crippen LogP contribution in [0.1, 0.15) is 32.9 Å². The van der Waals surface area contributed by atoms with Crippen LogP contribution in [-0.4, -0.2) is 40.2 Å². The molecule has 1 aromatic rings. The highest BCUT2D eigenvalue weighted by molar-refractivity contribution is 5.77. The first-order valence-electron chi connectivity index (χ1n) is 6.89. The van der Waals surface area contributed by atoms with Gasteiger partial charge in [0.15, 0.2) is 0 Å². The van der Waals surface area contributed by atoms with Crippen molar-refractivity contribution in [2.45, 2.75) is 40.7 Å². The molecule has 0 fully saturated rings. The second-order valence-corrected chi connectivity index (χ2v) is 4.41. The van der Waals surface area contributed by atoms with Crippen LogP contribution in [0.4, 0.5) is 11.5 Å². The first-order valence-corrected chi connectivity index (χ1v) is 6.89. The van der Waals surface area contributed by atoms with Crippen LogP contribution in [0.2, 0.25) is 0 Å². The van der Waals surface area contributed by atoms with E-state index in [4.69, 9.17) is 5.73 Å². The molecule has 0 aliphatic rings. The van der Waals surface area contributed by atoms with Gasteiger partial charge in [-0.15, -0.1) is 0 Å². The molecule has 1 aromatic heterocycles. The topological polar surface area (TPSA) is 76.2 Å². The molecule has 0 aliphatic carbocycles. The Balaban J connectivity index is 2.56. The lowest BCUT2D eigenvalue weighted by molar-refractivity contribution is -0.130. The van der Waals surface area contributed by atoms with Crippen LogP contribution < -0.4 is 11.1 Å². The van der Waals surface area contributed by atoms with Gasteiger partial charge in [-0.25, -0.2) is 4.68 Å². The molecular weight excluding hydrogens is 242 g/mol. The van der Waals surface area contributed by atoms with E-state index in [2.05, 4.69) is 10.4 Å². The van der Waals surface area contributed by atoms with E-state index in [-0.39, 0.29) is 5.91 Å². The average Bonchev–Trinajstić information content (AvgIpc) is 2.67. The highest BCUT2D eigenvalue weighted by atomic mass is 16.2. The number of anilines is 2. The maximum absolute atomic E-state index is 11.9. The number of amides is 1. The first-order chi connectivity index (χ1) is 9.04. The molecule has 1 amide bonds. The summed E-state index contributed by atoms with van der Waals surface area (Å²) in [4.78, 5) is 13.7. The number of hydrogen-bond donors (Lipinski definition) is 2. The summed E-state index contributed by atoms with van der Waals surface area (Å²) < 4.78 is 1.83. The maximum atomic E-state index is 11.9. The van der Waals surface area contributed by atoms with Crippen molar-refractivity contribution in [3.05, 3.63) is 5.69 Å². The smallest absolute Gasteiger partial charge is 0.224 e. The average molecular weight is 267 g/mol. The second kappa shape index (κ2) is 7.01. The van der Waals surface area contributed by atoms with Gasteiger partial charge in [0.05, 0.1) is 11.4 Å². The molecule has 0 atom stereocenters. The van der Waals surface area contributed by atoms with Gasteiger partial charge in [0, 0.05) is 32.6 Å². The molecule has 0 saturated carbocycles. The van der Waals surface area contributed by atoms with Gasteiger partial charge in [-0.3, -0.25) is 4.79 Å². The van der Waals surface area contributed by atoms with E-state index in [1.807, 2.05) is 37.3 Å². The fraction of sp³-hybridized carbons (Fsp3) is 0.692.